The number of amides is 2. The van der Waals surface area contributed by atoms with Crippen LogP contribution in [0.15, 0.2) is 0 Å². The average Bonchev–Trinajstić information content (AvgIpc) is 2.78. The van der Waals surface area contributed by atoms with Gasteiger partial charge in [0.2, 0.25) is 11.8 Å². The van der Waals surface area contributed by atoms with E-state index in [1.54, 1.807) is 4.90 Å². The van der Waals surface area contributed by atoms with E-state index < -0.39 is 24.9 Å². The monoisotopic (exact) mass is 303 g/mol. The molecule has 0 radical (unpaired) electrons. The Kier molecular flexibility index (Phi) is 4.81. The van der Waals surface area contributed by atoms with Crippen molar-refractivity contribution in [1.29, 1.82) is 0 Å². The molecule has 2 fully saturated rings. The van der Waals surface area contributed by atoms with Crippen LogP contribution in [0, 0.1) is 5.92 Å². The van der Waals surface area contributed by atoms with E-state index in [1.165, 1.54) is 0 Å². The van der Waals surface area contributed by atoms with Crippen molar-refractivity contribution < 1.29 is 18.4 Å². The Balaban J connectivity index is 1.89. The van der Waals surface area contributed by atoms with Crippen molar-refractivity contribution in [3.05, 3.63) is 0 Å². The first-order valence-electron chi connectivity index (χ1n) is 7.49. The number of piperidine rings is 1. The molecule has 0 saturated carbocycles. The minimum Gasteiger partial charge on any atom is -0.351 e. The topological polar surface area (TPSA) is 61.4 Å². The number of nitrogens with zero attached hydrogens (tertiary/aromatic N) is 1. The number of rotatable bonds is 3. The van der Waals surface area contributed by atoms with Crippen molar-refractivity contribution in [3.8, 4) is 0 Å². The summed E-state index contributed by atoms with van der Waals surface area (Å²) in [6, 6.07) is -0.890. The van der Waals surface area contributed by atoms with Crippen LogP contribution in [-0.2, 0) is 9.59 Å². The zero-order chi connectivity index (χ0) is 15.6. The number of carbonyl (C=O) groups excluding carboxylic acids is 2. The molecule has 0 aromatic carbocycles. The van der Waals surface area contributed by atoms with Crippen LogP contribution in [0.25, 0.3) is 0 Å². The second-order valence-electron chi connectivity index (χ2n) is 6.28. The van der Waals surface area contributed by atoms with E-state index in [-0.39, 0.29) is 23.8 Å². The number of likely N-dealkylation sites (tertiary alicyclic amines) is 1. The van der Waals surface area contributed by atoms with Crippen molar-refractivity contribution in [2.24, 2.45) is 5.92 Å². The lowest BCUT2D eigenvalue weighted by Crippen LogP contribution is -2.53. The summed E-state index contributed by atoms with van der Waals surface area (Å²) in [5, 5.41) is 5.50. The maximum atomic E-state index is 13.2. The highest BCUT2D eigenvalue weighted by atomic mass is 19.3. The van der Waals surface area contributed by atoms with Crippen LogP contribution in [-0.4, -0.2) is 54.4 Å². The number of hydrogen-bond donors (Lipinski definition) is 2. The van der Waals surface area contributed by atoms with Gasteiger partial charge in [0.15, 0.2) is 0 Å². The first-order valence-corrected chi connectivity index (χ1v) is 7.49. The van der Waals surface area contributed by atoms with Gasteiger partial charge in [0, 0.05) is 31.5 Å². The van der Waals surface area contributed by atoms with Crippen molar-refractivity contribution in [2.45, 2.75) is 51.1 Å². The van der Waals surface area contributed by atoms with Gasteiger partial charge in [-0.3, -0.25) is 14.9 Å². The molecule has 2 rings (SSSR count). The summed E-state index contributed by atoms with van der Waals surface area (Å²) in [5.74, 6) is -3.23. The van der Waals surface area contributed by atoms with Gasteiger partial charge >= 0.3 is 0 Å². The lowest BCUT2D eigenvalue weighted by atomic mass is 10.0. The van der Waals surface area contributed by atoms with Gasteiger partial charge in [-0.05, 0) is 12.8 Å². The molecule has 2 aliphatic heterocycles. The van der Waals surface area contributed by atoms with Crippen LogP contribution in [0.5, 0.6) is 0 Å². The summed E-state index contributed by atoms with van der Waals surface area (Å²) in [5.41, 5.74) is 0. The van der Waals surface area contributed by atoms with Crippen LogP contribution in [0.3, 0.4) is 0 Å². The van der Waals surface area contributed by atoms with Crippen LogP contribution < -0.4 is 10.6 Å². The fraction of sp³-hybridized carbons (Fsp3) is 0.857. The highest BCUT2D eigenvalue weighted by Gasteiger charge is 2.44. The number of halogens is 2. The van der Waals surface area contributed by atoms with Crippen LogP contribution >= 0.6 is 0 Å². The molecule has 120 valence electrons. The summed E-state index contributed by atoms with van der Waals surface area (Å²) < 4.78 is 26.3. The first-order chi connectivity index (χ1) is 9.78. The molecule has 2 saturated heterocycles. The quantitative estimate of drug-likeness (QED) is 0.809. The number of nitrogens with one attached hydrogen (secondary N) is 2. The molecule has 2 aliphatic rings. The molecule has 0 bridgehead atoms. The molecule has 0 spiro atoms. The van der Waals surface area contributed by atoms with Gasteiger partial charge in [0.25, 0.3) is 5.92 Å². The Morgan fingerprint density at radius 3 is 2.67 bits per heavy atom. The second-order valence-corrected chi connectivity index (χ2v) is 6.28. The zero-order valence-electron chi connectivity index (χ0n) is 12.5. The fourth-order valence-corrected chi connectivity index (χ4v) is 2.77. The van der Waals surface area contributed by atoms with E-state index in [0.29, 0.717) is 13.1 Å². The maximum Gasteiger partial charge on any atom is 0.262 e. The molecule has 5 nitrogen and oxygen atoms in total. The third-order valence-electron chi connectivity index (χ3n) is 4.01. The summed E-state index contributed by atoms with van der Waals surface area (Å²) in [4.78, 5) is 25.6. The van der Waals surface area contributed by atoms with Gasteiger partial charge in [-0.15, -0.1) is 0 Å². The van der Waals surface area contributed by atoms with E-state index in [1.807, 2.05) is 13.8 Å². The first kappa shape index (κ1) is 16.1. The van der Waals surface area contributed by atoms with Gasteiger partial charge in [-0.25, -0.2) is 8.78 Å². The number of alkyl halides is 2. The predicted octanol–water partition coefficient (Wildman–Crippen LogP) is 0.747. The highest BCUT2D eigenvalue weighted by molar-refractivity contribution is 5.83. The Bertz CT molecular complexity index is 415. The number of hydrogen-bond acceptors (Lipinski definition) is 3. The minimum absolute atomic E-state index is 0.0418. The molecule has 2 amide bonds. The molecule has 0 aromatic rings. The lowest BCUT2D eigenvalue weighted by molar-refractivity contribution is -0.136. The van der Waals surface area contributed by atoms with Gasteiger partial charge < -0.3 is 10.2 Å². The fourth-order valence-electron chi connectivity index (χ4n) is 2.77. The Hall–Kier alpha value is -1.24. The van der Waals surface area contributed by atoms with Gasteiger partial charge in [-0.1, -0.05) is 13.8 Å². The van der Waals surface area contributed by atoms with Crippen molar-refractivity contribution in [3.63, 3.8) is 0 Å². The van der Waals surface area contributed by atoms with Crippen molar-refractivity contribution in [1.82, 2.24) is 15.5 Å². The largest absolute Gasteiger partial charge is 0.351 e. The van der Waals surface area contributed by atoms with E-state index in [9.17, 15) is 18.4 Å². The van der Waals surface area contributed by atoms with E-state index in [4.69, 9.17) is 0 Å². The van der Waals surface area contributed by atoms with E-state index >= 15 is 0 Å². The molecule has 2 atom stereocenters. The molecular formula is C14H23F2N3O2. The molecule has 2 heterocycles. The van der Waals surface area contributed by atoms with Crippen molar-refractivity contribution in [2.75, 3.05) is 19.6 Å². The summed E-state index contributed by atoms with van der Waals surface area (Å²) >= 11 is 0. The summed E-state index contributed by atoms with van der Waals surface area (Å²) in [6.07, 6.45) is 1.15. The van der Waals surface area contributed by atoms with Crippen LogP contribution in [0.4, 0.5) is 8.78 Å². The van der Waals surface area contributed by atoms with E-state index in [0.717, 1.165) is 12.8 Å². The normalized spacial score (nSPS) is 28.7. The minimum atomic E-state index is -2.80. The average molecular weight is 303 g/mol. The molecule has 0 aliphatic carbocycles. The van der Waals surface area contributed by atoms with Gasteiger partial charge in [0.1, 0.15) is 0 Å². The van der Waals surface area contributed by atoms with E-state index in [2.05, 4.69) is 10.6 Å². The van der Waals surface area contributed by atoms with Crippen LogP contribution in [0.1, 0.15) is 33.1 Å². The smallest absolute Gasteiger partial charge is 0.262 e. The second kappa shape index (κ2) is 6.25. The van der Waals surface area contributed by atoms with Crippen LogP contribution in [0.2, 0.25) is 0 Å². The Labute approximate surface area is 123 Å². The molecule has 21 heavy (non-hydrogen) atoms. The molecule has 0 aromatic heterocycles. The predicted molar refractivity (Wildman–Crippen MR) is 73.9 cm³/mol. The molecular weight excluding hydrogens is 280 g/mol. The zero-order valence-corrected chi connectivity index (χ0v) is 12.5. The SMILES string of the molecule is CC(C)C(=O)NC1CCCN(C(=O)C2CC(F)(F)CN2)C1. The summed E-state index contributed by atoms with van der Waals surface area (Å²) in [7, 11) is 0. The Morgan fingerprint density at radius 1 is 1.38 bits per heavy atom. The van der Waals surface area contributed by atoms with Gasteiger partial charge in [-0.2, -0.15) is 0 Å². The lowest BCUT2D eigenvalue weighted by Gasteiger charge is -2.35. The molecule has 7 heteroatoms. The van der Waals surface area contributed by atoms with Crippen molar-refractivity contribution >= 4 is 11.8 Å². The van der Waals surface area contributed by atoms with Gasteiger partial charge in [0.05, 0.1) is 12.6 Å². The Morgan fingerprint density at radius 2 is 2.10 bits per heavy atom. The summed E-state index contributed by atoms with van der Waals surface area (Å²) in [6.45, 7) is 4.15. The third kappa shape index (κ3) is 4.12. The number of carbonyl (C=O) groups is 2. The molecule has 2 N–H and O–H groups in total. The third-order valence-corrected chi connectivity index (χ3v) is 4.01. The highest BCUT2D eigenvalue weighted by Crippen LogP contribution is 2.26. The molecule has 2 unspecified atom stereocenters. The maximum absolute atomic E-state index is 13.2. The standard InChI is InChI=1S/C14H23F2N3O2/c1-9(2)12(20)18-10-4-3-5-19(7-10)13(21)11-6-14(15,16)8-17-11/h9-11,17H,3-8H2,1-2H3,(H,18,20).